The Balaban J connectivity index is 2.97. The van der Waals surface area contributed by atoms with Crippen LogP contribution in [0.3, 0.4) is 0 Å². The summed E-state index contributed by atoms with van der Waals surface area (Å²) in [6.45, 7) is 12.4. The average Bonchev–Trinajstić information content (AvgIpc) is 2.59. The molecule has 1 N–H and O–H groups in total. The fourth-order valence-corrected chi connectivity index (χ4v) is 4.12. The normalized spacial score (nSPS) is 16.7. The van der Waals surface area contributed by atoms with Gasteiger partial charge in [-0.1, -0.05) is 52.8 Å². The molecule has 29 heavy (non-hydrogen) atoms. The van der Waals surface area contributed by atoms with E-state index in [9.17, 15) is 19.4 Å². The zero-order chi connectivity index (χ0) is 22.6. The molecule has 0 spiro atoms. The van der Waals surface area contributed by atoms with E-state index in [0.717, 1.165) is 0 Å². The number of carboxylic acids is 1. The van der Waals surface area contributed by atoms with Gasteiger partial charge in [-0.25, -0.2) is 0 Å². The lowest BCUT2D eigenvalue weighted by Gasteiger charge is -2.36. The Kier molecular flexibility index (Phi) is 9.06. The minimum Gasteiger partial charge on any atom is -0.549 e. The van der Waals surface area contributed by atoms with Crippen molar-refractivity contribution in [2.45, 2.75) is 78.2 Å². The second-order valence-electron chi connectivity index (χ2n) is 8.78. The first-order chi connectivity index (χ1) is 13.2. The second kappa shape index (κ2) is 10.2. The molecule has 0 radical (unpaired) electrons. The maximum Gasteiger partial charge on any atom is 0.364 e. The highest BCUT2D eigenvalue weighted by Gasteiger charge is 2.36. The number of carboxylic acid groups (broad SMARTS) is 1. The van der Waals surface area contributed by atoms with Crippen molar-refractivity contribution in [2.75, 3.05) is 14.1 Å². The van der Waals surface area contributed by atoms with Crippen LogP contribution in [-0.2, 0) is 25.5 Å². The molecule has 0 amide bonds. The van der Waals surface area contributed by atoms with Gasteiger partial charge in [0.1, 0.15) is 12.2 Å². The Morgan fingerprint density at radius 1 is 1.17 bits per heavy atom. The number of hydrogen-bond acceptors (Lipinski definition) is 5. The standard InChI is InChI=1S/C21H36NO6P/c1-9-20(21(23)24)29(25,26)28-27-16(6)22(7,8)13-18-11-10-17(14(2)3)12-19(18)15(4)5/h10-12,14-16,20H,9,13H2,1-8H3,(H-,23,24,25,26). The number of benzene rings is 1. The molecular weight excluding hydrogens is 393 g/mol. The van der Waals surface area contributed by atoms with E-state index >= 15 is 0 Å². The largest absolute Gasteiger partial charge is 0.549 e. The van der Waals surface area contributed by atoms with Crippen LogP contribution in [-0.4, -0.2) is 41.3 Å². The third kappa shape index (κ3) is 6.90. The first-order valence-electron chi connectivity index (χ1n) is 10.1. The first kappa shape index (κ1) is 25.8. The third-order valence-electron chi connectivity index (χ3n) is 5.36. The van der Waals surface area contributed by atoms with Gasteiger partial charge in [-0.15, -0.1) is 4.67 Å². The molecule has 0 fully saturated rings. The fourth-order valence-electron chi connectivity index (χ4n) is 3.04. The number of hydrogen-bond donors (Lipinski definition) is 1. The highest BCUT2D eigenvalue weighted by molar-refractivity contribution is 7.54. The summed E-state index contributed by atoms with van der Waals surface area (Å²) in [6, 6.07) is 6.49. The zero-order valence-corrected chi connectivity index (χ0v) is 19.7. The summed E-state index contributed by atoms with van der Waals surface area (Å²) in [4.78, 5) is 26.2. The van der Waals surface area contributed by atoms with Crippen molar-refractivity contribution in [2.24, 2.45) is 0 Å². The Hall–Kier alpha value is -1.24. The SMILES string of the molecule is CCC(C(=O)[O-])P(=O)(O)OOC(C)[N+](C)(C)Cc1ccc(C(C)C)cc1C(C)C. The van der Waals surface area contributed by atoms with Gasteiger partial charge in [0.05, 0.1) is 20.1 Å². The van der Waals surface area contributed by atoms with Gasteiger partial charge in [-0.3, -0.25) is 9.05 Å². The van der Waals surface area contributed by atoms with Gasteiger partial charge in [0, 0.05) is 12.5 Å². The maximum absolute atomic E-state index is 12.2. The summed E-state index contributed by atoms with van der Waals surface area (Å²) in [5, 5.41) is 11.1. The van der Waals surface area contributed by atoms with Crippen molar-refractivity contribution >= 4 is 13.6 Å². The van der Waals surface area contributed by atoms with E-state index in [-0.39, 0.29) is 6.42 Å². The van der Waals surface area contributed by atoms with E-state index in [1.807, 2.05) is 14.1 Å². The zero-order valence-electron chi connectivity index (χ0n) is 18.8. The predicted octanol–water partition coefficient (Wildman–Crippen LogP) is 3.52. The smallest absolute Gasteiger partial charge is 0.364 e. The van der Waals surface area contributed by atoms with E-state index in [0.29, 0.717) is 22.9 Å². The molecular formula is C21H36NO6P. The van der Waals surface area contributed by atoms with Crippen molar-refractivity contribution in [3.63, 3.8) is 0 Å². The lowest BCUT2D eigenvalue weighted by Crippen LogP contribution is -2.48. The summed E-state index contributed by atoms with van der Waals surface area (Å²) < 4.78 is 17.3. The van der Waals surface area contributed by atoms with Crippen LogP contribution in [0.15, 0.2) is 18.2 Å². The summed E-state index contributed by atoms with van der Waals surface area (Å²) in [5.74, 6) is -0.842. The highest BCUT2D eigenvalue weighted by Crippen LogP contribution is 2.49. The van der Waals surface area contributed by atoms with Gasteiger partial charge in [0.15, 0.2) is 0 Å². The van der Waals surface area contributed by atoms with Crippen molar-refractivity contribution < 1.29 is 33.4 Å². The molecule has 3 unspecified atom stereocenters. The van der Waals surface area contributed by atoms with Crippen LogP contribution in [0.25, 0.3) is 0 Å². The molecule has 0 aliphatic carbocycles. The van der Waals surface area contributed by atoms with E-state index in [2.05, 4.69) is 45.9 Å². The molecule has 0 aliphatic heterocycles. The molecule has 0 saturated carbocycles. The van der Waals surface area contributed by atoms with Crippen molar-refractivity contribution in [3.8, 4) is 0 Å². The Bertz CT molecular complexity index is 747. The van der Waals surface area contributed by atoms with E-state index in [4.69, 9.17) is 9.56 Å². The van der Waals surface area contributed by atoms with Crippen molar-refractivity contribution in [1.29, 1.82) is 0 Å². The van der Waals surface area contributed by atoms with Gasteiger partial charge in [-0.05, 0) is 29.4 Å². The molecule has 7 nitrogen and oxygen atoms in total. The number of rotatable bonds is 11. The van der Waals surface area contributed by atoms with E-state index in [1.54, 1.807) is 6.92 Å². The molecule has 0 aromatic heterocycles. The lowest BCUT2D eigenvalue weighted by molar-refractivity contribution is -0.955. The number of aliphatic carboxylic acids is 1. The Morgan fingerprint density at radius 2 is 1.76 bits per heavy atom. The number of quaternary nitrogens is 1. The number of carbonyl (C=O) groups excluding carboxylic acids is 1. The summed E-state index contributed by atoms with van der Waals surface area (Å²) >= 11 is 0. The Labute approximate surface area is 174 Å². The van der Waals surface area contributed by atoms with Gasteiger partial charge >= 0.3 is 7.60 Å². The predicted molar refractivity (Wildman–Crippen MR) is 111 cm³/mol. The third-order valence-corrected chi connectivity index (χ3v) is 7.03. The minimum atomic E-state index is -4.50. The molecule has 0 bridgehead atoms. The highest BCUT2D eigenvalue weighted by atomic mass is 31.2. The summed E-state index contributed by atoms with van der Waals surface area (Å²) in [5.41, 5.74) is 2.08. The van der Waals surface area contributed by atoms with Gasteiger partial charge in [0.25, 0.3) is 0 Å². The molecule has 1 rings (SSSR count). The molecule has 0 aliphatic rings. The number of nitrogens with zero attached hydrogens (tertiary/aromatic N) is 1. The van der Waals surface area contributed by atoms with E-state index < -0.39 is 25.5 Å². The number of carbonyl (C=O) groups is 1. The van der Waals surface area contributed by atoms with Crippen molar-refractivity contribution in [3.05, 3.63) is 34.9 Å². The van der Waals surface area contributed by atoms with Crippen LogP contribution >= 0.6 is 7.60 Å². The van der Waals surface area contributed by atoms with E-state index in [1.165, 1.54) is 23.6 Å². The van der Waals surface area contributed by atoms with Gasteiger partial charge in [0.2, 0.25) is 6.23 Å². The maximum atomic E-state index is 12.2. The molecule has 1 aromatic carbocycles. The minimum absolute atomic E-state index is 0.0912. The molecule has 166 valence electrons. The average molecular weight is 429 g/mol. The molecule has 0 saturated heterocycles. The molecule has 8 heteroatoms. The first-order valence-corrected chi connectivity index (χ1v) is 11.7. The Morgan fingerprint density at radius 3 is 2.21 bits per heavy atom. The van der Waals surface area contributed by atoms with Crippen LogP contribution in [0.5, 0.6) is 0 Å². The molecule has 3 atom stereocenters. The summed E-state index contributed by atoms with van der Waals surface area (Å²) in [7, 11) is -0.655. The summed E-state index contributed by atoms with van der Waals surface area (Å²) in [6.07, 6.45) is -0.703. The molecule has 1 aromatic rings. The van der Waals surface area contributed by atoms with Crippen molar-refractivity contribution in [1.82, 2.24) is 0 Å². The van der Waals surface area contributed by atoms with Gasteiger partial charge < -0.3 is 14.8 Å². The lowest BCUT2D eigenvalue weighted by atomic mass is 9.91. The van der Waals surface area contributed by atoms with Crippen LogP contribution in [0.4, 0.5) is 0 Å². The second-order valence-corrected chi connectivity index (χ2v) is 10.7. The van der Waals surface area contributed by atoms with Crippen LogP contribution in [0.1, 0.15) is 76.5 Å². The fraction of sp³-hybridized carbons (Fsp3) is 0.667. The topological polar surface area (TPSA) is 95.9 Å². The van der Waals surface area contributed by atoms with Crippen LogP contribution in [0, 0.1) is 0 Å². The van der Waals surface area contributed by atoms with Crippen LogP contribution in [0.2, 0.25) is 0 Å². The van der Waals surface area contributed by atoms with Gasteiger partial charge in [-0.2, -0.15) is 4.89 Å². The quantitative estimate of drug-likeness (QED) is 0.190. The monoisotopic (exact) mass is 429 g/mol. The molecule has 0 heterocycles. The van der Waals surface area contributed by atoms with Crippen LogP contribution < -0.4 is 5.11 Å².